The van der Waals surface area contributed by atoms with E-state index in [-0.39, 0.29) is 5.91 Å². The fourth-order valence-corrected chi connectivity index (χ4v) is 3.97. The average Bonchev–Trinajstić information content (AvgIpc) is 3.48. The summed E-state index contributed by atoms with van der Waals surface area (Å²) in [4.78, 5) is 23.6. The van der Waals surface area contributed by atoms with Crippen molar-refractivity contribution in [3.05, 3.63) is 0 Å². The number of carbonyl (C=O) groups excluding carboxylic acids is 1. The zero-order valence-electron chi connectivity index (χ0n) is 15.2. The lowest BCUT2D eigenvalue weighted by molar-refractivity contribution is -0.192. The van der Waals surface area contributed by atoms with Gasteiger partial charge < -0.3 is 20.1 Å². The van der Waals surface area contributed by atoms with E-state index in [1.165, 1.54) is 45.3 Å². The molecule has 2 N–H and O–H groups in total. The van der Waals surface area contributed by atoms with Crippen LogP contribution < -0.4 is 5.32 Å². The largest absolute Gasteiger partial charge is 0.490 e. The Hall–Kier alpha value is -1.35. The number of hydrogen-bond acceptors (Lipinski definition) is 4. The Labute approximate surface area is 156 Å². The maximum Gasteiger partial charge on any atom is 0.490 e. The molecule has 2 saturated heterocycles. The lowest BCUT2D eigenvalue weighted by Crippen LogP contribution is -2.38. The van der Waals surface area contributed by atoms with Crippen molar-refractivity contribution >= 4 is 11.9 Å². The molecule has 0 aromatic heterocycles. The van der Waals surface area contributed by atoms with Crippen LogP contribution in [-0.4, -0.2) is 66.9 Å². The summed E-state index contributed by atoms with van der Waals surface area (Å²) in [6.07, 6.45) is 0.794. The highest BCUT2D eigenvalue weighted by molar-refractivity contribution is 5.76. The van der Waals surface area contributed by atoms with Crippen LogP contribution >= 0.6 is 0 Å². The first kappa shape index (κ1) is 20.4. The van der Waals surface area contributed by atoms with Crippen molar-refractivity contribution in [2.24, 2.45) is 23.7 Å². The normalized spacial score (nSPS) is 30.9. The van der Waals surface area contributed by atoms with E-state index in [0.29, 0.717) is 30.2 Å². The van der Waals surface area contributed by atoms with E-state index in [4.69, 9.17) is 14.6 Å². The van der Waals surface area contributed by atoms with Gasteiger partial charge in [0.2, 0.25) is 5.91 Å². The number of carbonyl (C=O) groups is 2. The third kappa shape index (κ3) is 6.34. The molecule has 1 amide bonds. The molecule has 2 heterocycles. The molecule has 154 valence electrons. The van der Waals surface area contributed by atoms with Crippen LogP contribution in [0.4, 0.5) is 13.2 Å². The van der Waals surface area contributed by atoms with Crippen molar-refractivity contribution in [1.29, 1.82) is 0 Å². The Morgan fingerprint density at radius 3 is 2.33 bits per heavy atom. The second-order valence-corrected chi connectivity index (χ2v) is 8.23. The van der Waals surface area contributed by atoms with Gasteiger partial charge in [-0.15, -0.1) is 0 Å². The molecular formula is C18H27F3N2O4. The smallest absolute Gasteiger partial charge is 0.475 e. The van der Waals surface area contributed by atoms with Crippen molar-refractivity contribution < 1.29 is 32.6 Å². The monoisotopic (exact) mass is 392 g/mol. The highest BCUT2D eigenvalue weighted by Crippen LogP contribution is 2.38. The summed E-state index contributed by atoms with van der Waals surface area (Å²) in [5.41, 5.74) is 0. The van der Waals surface area contributed by atoms with Crippen LogP contribution in [0.25, 0.3) is 0 Å². The van der Waals surface area contributed by atoms with Gasteiger partial charge in [0, 0.05) is 32.1 Å². The highest BCUT2D eigenvalue weighted by Gasteiger charge is 2.43. The van der Waals surface area contributed by atoms with E-state index < -0.39 is 12.1 Å². The molecule has 6 nitrogen and oxygen atoms in total. The van der Waals surface area contributed by atoms with Crippen LogP contribution in [0.15, 0.2) is 0 Å². The lowest BCUT2D eigenvalue weighted by Gasteiger charge is -2.32. The molecule has 9 heteroatoms. The summed E-state index contributed by atoms with van der Waals surface area (Å²) in [7, 11) is 0. The zero-order chi connectivity index (χ0) is 19.6. The number of ether oxygens (including phenoxy) is 1. The van der Waals surface area contributed by atoms with Crippen LogP contribution in [0.3, 0.4) is 0 Å². The number of amides is 1. The SMILES string of the molecule is O=C(C[C@@H]1COC[C@H]2CN(CC3CC3)C[C@@H]12)NC1CC1.O=C(O)C(F)(F)F. The Bertz CT molecular complexity index is 549. The number of halogens is 3. The van der Waals surface area contributed by atoms with E-state index in [2.05, 4.69) is 10.2 Å². The maximum atomic E-state index is 12.0. The van der Waals surface area contributed by atoms with E-state index in [0.717, 1.165) is 19.1 Å². The van der Waals surface area contributed by atoms with Gasteiger partial charge >= 0.3 is 12.1 Å². The average molecular weight is 392 g/mol. The van der Waals surface area contributed by atoms with Gasteiger partial charge in [-0.1, -0.05) is 0 Å². The first-order valence-corrected chi connectivity index (χ1v) is 9.62. The van der Waals surface area contributed by atoms with Crippen molar-refractivity contribution in [3.63, 3.8) is 0 Å². The summed E-state index contributed by atoms with van der Waals surface area (Å²) in [6, 6.07) is 0.484. The zero-order valence-corrected chi connectivity index (χ0v) is 15.2. The van der Waals surface area contributed by atoms with Gasteiger partial charge in [0.25, 0.3) is 0 Å². The standard InChI is InChI=1S/C16H26N2O2.C2HF3O2/c19-16(17-14-3-4-14)5-12-9-20-10-13-7-18(8-15(12)13)6-11-1-2-11;3-2(4,5)1(6)7/h11-15H,1-10H2,(H,17,19);(H,6,7)/t12-,13-,15+;/m1./s1. The van der Waals surface area contributed by atoms with Crippen LogP contribution in [0, 0.1) is 23.7 Å². The second kappa shape index (κ2) is 8.34. The predicted molar refractivity (Wildman–Crippen MR) is 89.9 cm³/mol. The first-order chi connectivity index (χ1) is 12.7. The summed E-state index contributed by atoms with van der Waals surface area (Å²) in [5.74, 6) is 0.257. The second-order valence-electron chi connectivity index (χ2n) is 8.23. The lowest BCUT2D eigenvalue weighted by atomic mass is 9.81. The number of likely N-dealkylation sites (tertiary alicyclic amines) is 1. The quantitative estimate of drug-likeness (QED) is 0.747. The van der Waals surface area contributed by atoms with E-state index in [1.807, 2.05) is 0 Å². The fraction of sp³-hybridized carbons (Fsp3) is 0.889. The van der Waals surface area contributed by atoms with Gasteiger partial charge in [-0.3, -0.25) is 4.79 Å². The number of nitrogens with zero attached hydrogens (tertiary/aromatic N) is 1. The number of alkyl halides is 3. The molecule has 2 aliphatic heterocycles. The van der Waals surface area contributed by atoms with E-state index in [1.54, 1.807) is 0 Å². The number of rotatable bonds is 5. The Morgan fingerprint density at radius 2 is 1.78 bits per heavy atom. The Morgan fingerprint density at radius 1 is 1.11 bits per heavy atom. The van der Waals surface area contributed by atoms with E-state index >= 15 is 0 Å². The van der Waals surface area contributed by atoms with E-state index in [9.17, 15) is 18.0 Å². The molecule has 0 spiro atoms. The minimum Gasteiger partial charge on any atom is -0.475 e. The summed E-state index contributed by atoms with van der Waals surface area (Å²) >= 11 is 0. The molecule has 4 aliphatic rings. The van der Waals surface area contributed by atoms with Crippen molar-refractivity contribution in [1.82, 2.24) is 10.2 Å². The van der Waals surface area contributed by atoms with Crippen LogP contribution in [0.1, 0.15) is 32.1 Å². The highest BCUT2D eigenvalue weighted by atomic mass is 19.4. The number of fused-ring (bicyclic) bond motifs is 1. The molecule has 4 fully saturated rings. The number of nitrogens with one attached hydrogen (secondary N) is 1. The van der Waals surface area contributed by atoms with Gasteiger partial charge in [0.15, 0.2) is 0 Å². The van der Waals surface area contributed by atoms with Gasteiger partial charge in [0.1, 0.15) is 0 Å². The van der Waals surface area contributed by atoms with Gasteiger partial charge in [-0.2, -0.15) is 13.2 Å². The predicted octanol–water partition coefficient (Wildman–Crippen LogP) is 1.89. The minimum atomic E-state index is -5.08. The number of hydrogen-bond donors (Lipinski definition) is 2. The minimum absolute atomic E-state index is 0.252. The maximum absolute atomic E-state index is 12.0. The molecule has 27 heavy (non-hydrogen) atoms. The Kier molecular flexibility index (Phi) is 6.30. The van der Waals surface area contributed by atoms with Crippen molar-refractivity contribution in [3.8, 4) is 0 Å². The van der Waals surface area contributed by atoms with Gasteiger partial charge in [0.05, 0.1) is 13.2 Å². The molecule has 3 atom stereocenters. The molecular weight excluding hydrogens is 365 g/mol. The molecule has 4 rings (SSSR count). The summed E-state index contributed by atoms with van der Waals surface area (Å²) in [5, 5.41) is 10.3. The number of aliphatic carboxylic acids is 1. The van der Waals surface area contributed by atoms with Crippen LogP contribution in [-0.2, 0) is 14.3 Å². The molecule has 0 bridgehead atoms. The number of carboxylic acids is 1. The third-order valence-electron chi connectivity index (χ3n) is 5.68. The number of carboxylic acid groups (broad SMARTS) is 1. The Balaban J connectivity index is 0.000000260. The summed E-state index contributed by atoms with van der Waals surface area (Å²) in [6.45, 7) is 5.38. The third-order valence-corrected chi connectivity index (χ3v) is 5.68. The topological polar surface area (TPSA) is 78.9 Å². The van der Waals surface area contributed by atoms with Crippen LogP contribution in [0.5, 0.6) is 0 Å². The van der Waals surface area contributed by atoms with Crippen molar-refractivity contribution in [2.45, 2.75) is 44.3 Å². The molecule has 2 aliphatic carbocycles. The van der Waals surface area contributed by atoms with Gasteiger partial charge in [-0.05, 0) is 49.4 Å². The molecule has 2 saturated carbocycles. The summed E-state index contributed by atoms with van der Waals surface area (Å²) < 4.78 is 37.5. The van der Waals surface area contributed by atoms with Crippen LogP contribution in [0.2, 0.25) is 0 Å². The first-order valence-electron chi connectivity index (χ1n) is 9.62. The molecule has 0 unspecified atom stereocenters. The molecule has 0 radical (unpaired) electrons. The van der Waals surface area contributed by atoms with Gasteiger partial charge in [-0.25, -0.2) is 4.79 Å². The fourth-order valence-electron chi connectivity index (χ4n) is 3.97. The molecule has 0 aromatic carbocycles. The van der Waals surface area contributed by atoms with Crippen molar-refractivity contribution in [2.75, 3.05) is 32.8 Å². The molecule has 0 aromatic rings.